The number of hydrogen-bond donors (Lipinski definition) is 2. The summed E-state index contributed by atoms with van der Waals surface area (Å²) in [6, 6.07) is -0.565. The molecule has 0 saturated heterocycles. The van der Waals surface area contributed by atoms with Crippen molar-refractivity contribution in [2.75, 3.05) is 0 Å². The SMILES string of the molecule is CCCCCCCCCCCCCCCC(=O)N[C@@H](C)C(N)=O. The summed E-state index contributed by atoms with van der Waals surface area (Å²) in [4.78, 5) is 22.4. The second-order valence-corrected chi connectivity index (χ2v) is 6.68. The van der Waals surface area contributed by atoms with Gasteiger partial charge >= 0.3 is 0 Å². The molecule has 0 saturated carbocycles. The van der Waals surface area contributed by atoms with E-state index in [1.807, 2.05) is 0 Å². The maximum absolute atomic E-state index is 11.5. The standard InChI is InChI=1S/C19H38N2O2/c1-3-4-5-6-7-8-9-10-11-12-13-14-15-16-18(22)21-17(2)19(20)23/h17H,3-16H2,1-2H3,(H2,20,23)(H,21,22)/t17-/m0/s1. The van der Waals surface area contributed by atoms with Crippen molar-refractivity contribution in [3.63, 3.8) is 0 Å². The monoisotopic (exact) mass is 326 g/mol. The van der Waals surface area contributed by atoms with Gasteiger partial charge in [-0.15, -0.1) is 0 Å². The summed E-state index contributed by atoms with van der Waals surface area (Å²) in [6.45, 7) is 3.87. The van der Waals surface area contributed by atoms with Crippen molar-refractivity contribution in [2.24, 2.45) is 5.73 Å². The zero-order valence-electron chi connectivity index (χ0n) is 15.4. The van der Waals surface area contributed by atoms with Crippen LogP contribution in [0.25, 0.3) is 0 Å². The van der Waals surface area contributed by atoms with Crippen molar-refractivity contribution in [2.45, 2.75) is 110 Å². The molecule has 0 radical (unpaired) electrons. The highest BCUT2D eigenvalue weighted by Gasteiger charge is 2.11. The third kappa shape index (κ3) is 15.6. The molecule has 3 N–H and O–H groups in total. The van der Waals surface area contributed by atoms with E-state index in [0.717, 1.165) is 12.8 Å². The lowest BCUT2D eigenvalue weighted by Gasteiger charge is -2.09. The van der Waals surface area contributed by atoms with E-state index in [0.29, 0.717) is 6.42 Å². The fourth-order valence-electron chi connectivity index (χ4n) is 2.69. The Labute approximate surface area is 143 Å². The van der Waals surface area contributed by atoms with Gasteiger partial charge in [-0.2, -0.15) is 0 Å². The molecule has 0 aromatic heterocycles. The molecule has 4 nitrogen and oxygen atoms in total. The van der Waals surface area contributed by atoms with Gasteiger partial charge in [0.25, 0.3) is 0 Å². The lowest BCUT2D eigenvalue weighted by atomic mass is 10.0. The summed E-state index contributed by atoms with van der Waals surface area (Å²) >= 11 is 0. The normalized spacial score (nSPS) is 12.1. The molecule has 4 heteroatoms. The van der Waals surface area contributed by atoms with E-state index >= 15 is 0 Å². The first-order valence-corrected chi connectivity index (χ1v) is 9.66. The third-order valence-electron chi connectivity index (χ3n) is 4.31. The van der Waals surface area contributed by atoms with Gasteiger partial charge in [-0.3, -0.25) is 9.59 Å². The molecule has 136 valence electrons. The van der Waals surface area contributed by atoms with Gasteiger partial charge in [-0.25, -0.2) is 0 Å². The number of amides is 2. The van der Waals surface area contributed by atoms with Crippen LogP contribution in [0.5, 0.6) is 0 Å². The van der Waals surface area contributed by atoms with Crippen molar-refractivity contribution >= 4 is 11.8 Å². The van der Waals surface area contributed by atoms with Gasteiger partial charge < -0.3 is 11.1 Å². The lowest BCUT2D eigenvalue weighted by Crippen LogP contribution is -2.42. The Balaban J connectivity index is 3.21. The molecule has 1 atom stereocenters. The minimum Gasteiger partial charge on any atom is -0.368 e. The Morgan fingerprint density at radius 1 is 0.783 bits per heavy atom. The van der Waals surface area contributed by atoms with Crippen LogP contribution in [0, 0.1) is 0 Å². The molecule has 0 unspecified atom stereocenters. The van der Waals surface area contributed by atoms with Crippen LogP contribution in [-0.2, 0) is 9.59 Å². The molecule has 0 aromatic rings. The van der Waals surface area contributed by atoms with E-state index in [1.54, 1.807) is 6.92 Å². The number of hydrogen-bond acceptors (Lipinski definition) is 2. The second-order valence-electron chi connectivity index (χ2n) is 6.68. The van der Waals surface area contributed by atoms with Crippen LogP contribution in [0.3, 0.4) is 0 Å². The molecular weight excluding hydrogens is 288 g/mol. The van der Waals surface area contributed by atoms with E-state index in [1.165, 1.54) is 70.6 Å². The first-order chi connectivity index (χ1) is 11.1. The van der Waals surface area contributed by atoms with Crippen molar-refractivity contribution in [1.82, 2.24) is 5.32 Å². The molecule has 0 aromatic carbocycles. The van der Waals surface area contributed by atoms with E-state index in [4.69, 9.17) is 5.73 Å². The van der Waals surface area contributed by atoms with Crippen LogP contribution in [0.2, 0.25) is 0 Å². The summed E-state index contributed by atoms with van der Waals surface area (Å²) in [6.07, 6.45) is 17.3. The Bertz CT molecular complexity index is 306. The Kier molecular flexibility index (Phi) is 15.1. The summed E-state index contributed by atoms with van der Waals surface area (Å²) < 4.78 is 0. The van der Waals surface area contributed by atoms with Crippen molar-refractivity contribution < 1.29 is 9.59 Å². The highest BCUT2D eigenvalue weighted by molar-refractivity contribution is 5.86. The van der Waals surface area contributed by atoms with Gasteiger partial charge in [0.1, 0.15) is 6.04 Å². The van der Waals surface area contributed by atoms with Gasteiger partial charge in [0.05, 0.1) is 0 Å². The van der Waals surface area contributed by atoms with Crippen LogP contribution < -0.4 is 11.1 Å². The topological polar surface area (TPSA) is 72.2 Å². The number of carbonyl (C=O) groups excluding carboxylic acids is 2. The quantitative estimate of drug-likeness (QED) is 0.411. The van der Waals surface area contributed by atoms with E-state index < -0.39 is 11.9 Å². The summed E-state index contributed by atoms with van der Waals surface area (Å²) in [7, 11) is 0. The predicted octanol–water partition coefficient (Wildman–Crippen LogP) is 4.46. The van der Waals surface area contributed by atoms with Crippen LogP contribution >= 0.6 is 0 Å². The van der Waals surface area contributed by atoms with Crippen molar-refractivity contribution in [3.8, 4) is 0 Å². The van der Waals surface area contributed by atoms with Gasteiger partial charge in [0.2, 0.25) is 11.8 Å². The molecule has 0 heterocycles. The van der Waals surface area contributed by atoms with Crippen LogP contribution in [0.4, 0.5) is 0 Å². The molecule has 0 aliphatic carbocycles. The zero-order valence-corrected chi connectivity index (χ0v) is 15.4. The highest BCUT2D eigenvalue weighted by atomic mass is 16.2. The van der Waals surface area contributed by atoms with Crippen molar-refractivity contribution in [1.29, 1.82) is 0 Å². The average Bonchev–Trinajstić information content (AvgIpc) is 2.51. The van der Waals surface area contributed by atoms with E-state index in [-0.39, 0.29) is 5.91 Å². The van der Waals surface area contributed by atoms with Gasteiger partial charge in [0.15, 0.2) is 0 Å². The molecule has 0 aliphatic heterocycles. The number of primary amides is 1. The van der Waals surface area contributed by atoms with Crippen LogP contribution in [0.15, 0.2) is 0 Å². The summed E-state index contributed by atoms with van der Waals surface area (Å²) in [5.41, 5.74) is 5.11. The van der Waals surface area contributed by atoms with Crippen LogP contribution in [0.1, 0.15) is 104 Å². The number of unbranched alkanes of at least 4 members (excludes halogenated alkanes) is 12. The summed E-state index contributed by atoms with van der Waals surface area (Å²) in [5.74, 6) is -0.553. The molecular formula is C19H38N2O2. The Morgan fingerprint density at radius 3 is 1.57 bits per heavy atom. The van der Waals surface area contributed by atoms with E-state index in [9.17, 15) is 9.59 Å². The minimum atomic E-state index is -0.565. The van der Waals surface area contributed by atoms with Crippen molar-refractivity contribution in [3.05, 3.63) is 0 Å². The second kappa shape index (κ2) is 15.8. The van der Waals surface area contributed by atoms with E-state index in [2.05, 4.69) is 12.2 Å². The fourth-order valence-corrected chi connectivity index (χ4v) is 2.69. The third-order valence-corrected chi connectivity index (χ3v) is 4.31. The number of nitrogens with one attached hydrogen (secondary N) is 1. The van der Waals surface area contributed by atoms with Gasteiger partial charge in [0, 0.05) is 6.42 Å². The first-order valence-electron chi connectivity index (χ1n) is 9.66. The van der Waals surface area contributed by atoms with Gasteiger partial charge in [-0.05, 0) is 13.3 Å². The fraction of sp³-hybridized carbons (Fsp3) is 0.895. The largest absolute Gasteiger partial charge is 0.368 e. The van der Waals surface area contributed by atoms with Gasteiger partial charge in [-0.1, -0.05) is 84.0 Å². The Morgan fingerprint density at radius 2 is 1.17 bits per heavy atom. The maximum Gasteiger partial charge on any atom is 0.239 e. The highest BCUT2D eigenvalue weighted by Crippen LogP contribution is 2.12. The molecule has 0 rings (SSSR count). The predicted molar refractivity (Wildman–Crippen MR) is 97.1 cm³/mol. The zero-order chi connectivity index (χ0) is 17.3. The summed E-state index contributed by atoms with van der Waals surface area (Å²) in [5, 5.41) is 2.61. The molecule has 0 spiro atoms. The first kappa shape index (κ1) is 21.9. The van der Waals surface area contributed by atoms with Crippen LogP contribution in [-0.4, -0.2) is 17.9 Å². The number of rotatable bonds is 16. The average molecular weight is 327 g/mol. The number of carbonyl (C=O) groups is 2. The minimum absolute atomic E-state index is 0.0700. The molecule has 0 aliphatic rings. The number of nitrogens with two attached hydrogens (primary N) is 1. The molecule has 2 amide bonds. The Hall–Kier alpha value is -1.06. The maximum atomic E-state index is 11.5. The molecule has 0 fully saturated rings. The molecule has 23 heavy (non-hydrogen) atoms. The smallest absolute Gasteiger partial charge is 0.239 e. The molecule has 0 bridgehead atoms. The lowest BCUT2D eigenvalue weighted by molar-refractivity contribution is -0.127.